The lowest BCUT2D eigenvalue weighted by molar-refractivity contribution is -0.143. The molecule has 0 aromatic rings. The highest BCUT2D eigenvalue weighted by Crippen LogP contribution is 1.96. The molecule has 1 fully saturated rings. The van der Waals surface area contributed by atoms with Gasteiger partial charge in [0.25, 0.3) is 0 Å². The fraction of sp³-hybridized carbons (Fsp3) is 0.727. The smallest absolute Gasteiger partial charge is 0.326 e. The van der Waals surface area contributed by atoms with Gasteiger partial charge in [-0.1, -0.05) is 0 Å². The number of hydrogen-bond acceptors (Lipinski definition) is 5. The SMILES string of the molecule is NC(=O)CC(NC(=O)CN1CCCNCC1)C(=O)O. The van der Waals surface area contributed by atoms with E-state index < -0.39 is 30.2 Å². The number of carbonyl (C=O) groups is 3. The number of carboxylic acids is 1. The molecule has 19 heavy (non-hydrogen) atoms. The van der Waals surface area contributed by atoms with E-state index >= 15 is 0 Å². The van der Waals surface area contributed by atoms with Gasteiger partial charge in [0.15, 0.2) is 0 Å². The number of rotatable bonds is 6. The highest BCUT2D eigenvalue weighted by Gasteiger charge is 2.23. The van der Waals surface area contributed by atoms with E-state index in [4.69, 9.17) is 10.8 Å². The van der Waals surface area contributed by atoms with E-state index in [9.17, 15) is 14.4 Å². The minimum Gasteiger partial charge on any atom is -0.480 e. The van der Waals surface area contributed by atoms with Gasteiger partial charge in [-0.15, -0.1) is 0 Å². The van der Waals surface area contributed by atoms with Crippen molar-refractivity contribution in [2.24, 2.45) is 5.73 Å². The van der Waals surface area contributed by atoms with Gasteiger partial charge in [0.05, 0.1) is 13.0 Å². The first-order chi connectivity index (χ1) is 8.99. The highest BCUT2D eigenvalue weighted by atomic mass is 16.4. The third-order valence-corrected chi connectivity index (χ3v) is 2.84. The second kappa shape index (κ2) is 7.70. The van der Waals surface area contributed by atoms with Crippen LogP contribution in [0.25, 0.3) is 0 Å². The summed E-state index contributed by atoms with van der Waals surface area (Å²) in [7, 11) is 0. The largest absolute Gasteiger partial charge is 0.480 e. The maximum Gasteiger partial charge on any atom is 0.326 e. The third kappa shape index (κ3) is 6.16. The molecule has 1 unspecified atom stereocenters. The topological polar surface area (TPSA) is 125 Å². The minimum absolute atomic E-state index is 0.129. The van der Waals surface area contributed by atoms with Crippen molar-refractivity contribution >= 4 is 17.8 Å². The van der Waals surface area contributed by atoms with E-state index in [0.29, 0.717) is 0 Å². The zero-order chi connectivity index (χ0) is 14.3. The van der Waals surface area contributed by atoms with Crippen LogP contribution in [0.1, 0.15) is 12.8 Å². The van der Waals surface area contributed by atoms with Crippen LogP contribution < -0.4 is 16.4 Å². The number of nitrogens with two attached hydrogens (primary N) is 1. The molecule has 2 amide bonds. The predicted molar refractivity (Wildman–Crippen MR) is 67.3 cm³/mol. The molecular weight excluding hydrogens is 252 g/mol. The van der Waals surface area contributed by atoms with Crippen molar-refractivity contribution in [3.8, 4) is 0 Å². The Morgan fingerprint density at radius 3 is 2.68 bits per heavy atom. The maximum absolute atomic E-state index is 11.7. The summed E-state index contributed by atoms with van der Waals surface area (Å²) in [4.78, 5) is 35.3. The molecule has 0 aliphatic carbocycles. The molecule has 0 aromatic heterocycles. The van der Waals surface area contributed by atoms with Gasteiger partial charge in [-0.2, -0.15) is 0 Å². The van der Waals surface area contributed by atoms with Gasteiger partial charge in [0, 0.05) is 13.1 Å². The Labute approximate surface area is 111 Å². The van der Waals surface area contributed by atoms with Gasteiger partial charge >= 0.3 is 5.97 Å². The monoisotopic (exact) mass is 272 g/mol. The summed E-state index contributed by atoms with van der Waals surface area (Å²) >= 11 is 0. The second-order valence-electron chi connectivity index (χ2n) is 4.51. The number of carbonyl (C=O) groups excluding carboxylic acids is 2. The summed E-state index contributed by atoms with van der Waals surface area (Å²) < 4.78 is 0. The lowest BCUT2D eigenvalue weighted by Crippen LogP contribution is -2.47. The van der Waals surface area contributed by atoms with Crippen molar-refractivity contribution in [2.75, 3.05) is 32.7 Å². The fourth-order valence-corrected chi connectivity index (χ4v) is 1.90. The van der Waals surface area contributed by atoms with Crippen LogP contribution in [-0.2, 0) is 14.4 Å². The molecule has 1 aliphatic heterocycles. The van der Waals surface area contributed by atoms with Crippen LogP contribution in [0.3, 0.4) is 0 Å². The molecule has 1 heterocycles. The van der Waals surface area contributed by atoms with E-state index in [1.807, 2.05) is 4.90 Å². The predicted octanol–water partition coefficient (Wildman–Crippen LogP) is -2.27. The summed E-state index contributed by atoms with van der Waals surface area (Å²) in [5, 5.41) is 14.4. The van der Waals surface area contributed by atoms with Crippen LogP contribution in [0.15, 0.2) is 0 Å². The number of carboxylic acid groups (broad SMARTS) is 1. The zero-order valence-electron chi connectivity index (χ0n) is 10.7. The van der Waals surface area contributed by atoms with Crippen LogP contribution in [0.2, 0.25) is 0 Å². The van der Waals surface area contributed by atoms with E-state index in [0.717, 1.165) is 32.6 Å². The van der Waals surface area contributed by atoms with Crippen molar-refractivity contribution in [1.82, 2.24) is 15.5 Å². The van der Waals surface area contributed by atoms with Gasteiger partial charge < -0.3 is 21.5 Å². The molecule has 8 nitrogen and oxygen atoms in total. The van der Waals surface area contributed by atoms with Crippen LogP contribution in [0.4, 0.5) is 0 Å². The Hall–Kier alpha value is -1.67. The van der Waals surface area contributed by atoms with Gasteiger partial charge in [0.2, 0.25) is 11.8 Å². The van der Waals surface area contributed by atoms with Crippen molar-refractivity contribution in [1.29, 1.82) is 0 Å². The molecule has 1 aliphatic rings. The summed E-state index contributed by atoms with van der Waals surface area (Å²) in [6.45, 7) is 3.37. The van der Waals surface area contributed by atoms with Crippen LogP contribution in [0, 0.1) is 0 Å². The summed E-state index contributed by atoms with van der Waals surface area (Å²) in [5.74, 6) is -2.42. The molecule has 0 saturated carbocycles. The molecule has 0 aromatic carbocycles. The first-order valence-corrected chi connectivity index (χ1v) is 6.22. The standard InChI is InChI=1S/C11H20N4O4/c12-9(16)6-8(11(18)19)14-10(17)7-15-4-1-2-13-3-5-15/h8,13H,1-7H2,(H2,12,16)(H,14,17)(H,18,19). The summed E-state index contributed by atoms with van der Waals surface area (Å²) in [6, 6.07) is -1.25. The number of amides is 2. The average Bonchev–Trinajstić information content (AvgIpc) is 2.56. The molecule has 0 bridgehead atoms. The molecular formula is C11H20N4O4. The number of nitrogens with zero attached hydrogens (tertiary/aromatic N) is 1. The lowest BCUT2D eigenvalue weighted by Gasteiger charge is -2.20. The maximum atomic E-state index is 11.7. The molecule has 0 spiro atoms. The van der Waals surface area contributed by atoms with Crippen molar-refractivity contribution in [3.63, 3.8) is 0 Å². The molecule has 0 radical (unpaired) electrons. The van der Waals surface area contributed by atoms with Crippen LogP contribution in [-0.4, -0.2) is 66.6 Å². The third-order valence-electron chi connectivity index (χ3n) is 2.84. The minimum atomic E-state index is -1.26. The van der Waals surface area contributed by atoms with Crippen LogP contribution in [0.5, 0.6) is 0 Å². The van der Waals surface area contributed by atoms with Crippen molar-refractivity contribution < 1.29 is 19.5 Å². The quantitative estimate of drug-likeness (QED) is 0.432. The Bertz CT molecular complexity index is 340. The van der Waals surface area contributed by atoms with Gasteiger partial charge in [0.1, 0.15) is 6.04 Å². The Morgan fingerprint density at radius 1 is 1.32 bits per heavy atom. The van der Waals surface area contributed by atoms with Crippen molar-refractivity contribution in [2.45, 2.75) is 18.9 Å². The molecule has 5 N–H and O–H groups in total. The van der Waals surface area contributed by atoms with Gasteiger partial charge in [-0.25, -0.2) is 4.79 Å². The van der Waals surface area contributed by atoms with Gasteiger partial charge in [-0.05, 0) is 19.5 Å². The number of aliphatic carboxylic acids is 1. The molecule has 108 valence electrons. The Morgan fingerprint density at radius 2 is 2.05 bits per heavy atom. The van der Waals surface area contributed by atoms with E-state index in [2.05, 4.69) is 10.6 Å². The lowest BCUT2D eigenvalue weighted by atomic mass is 10.2. The first-order valence-electron chi connectivity index (χ1n) is 6.22. The van der Waals surface area contributed by atoms with Crippen molar-refractivity contribution in [3.05, 3.63) is 0 Å². The highest BCUT2D eigenvalue weighted by molar-refractivity contribution is 5.88. The first kappa shape index (κ1) is 15.4. The summed E-state index contributed by atoms with van der Waals surface area (Å²) in [5.41, 5.74) is 4.94. The number of hydrogen-bond donors (Lipinski definition) is 4. The van der Waals surface area contributed by atoms with Gasteiger partial charge in [-0.3, -0.25) is 14.5 Å². The Balaban J connectivity index is 2.42. The Kier molecular flexibility index (Phi) is 6.23. The number of nitrogens with one attached hydrogen (secondary N) is 2. The molecule has 1 rings (SSSR count). The summed E-state index contributed by atoms with van der Waals surface area (Å²) in [6.07, 6.45) is 0.541. The fourth-order valence-electron chi connectivity index (χ4n) is 1.90. The van der Waals surface area contributed by atoms with E-state index in [1.54, 1.807) is 0 Å². The average molecular weight is 272 g/mol. The molecule has 1 saturated heterocycles. The normalized spacial score (nSPS) is 18.3. The van der Waals surface area contributed by atoms with E-state index in [1.165, 1.54) is 0 Å². The molecule has 8 heteroatoms. The zero-order valence-corrected chi connectivity index (χ0v) is 10.7. The molecule has 1 atom stereocenters. The van der Waals surface area contributed by atoms with E-state index in [-0.39, 0.29) is 6.54 Å². The van der Waals surface area contributed by atoms with Crippen LogP contribution >= 0.6 is 0 Å². The number of primary amides is 1. The second-order valence-corrected chi connectivity index (χ2v) is 4.51.